The van der Waals surface area contributed by atoms with E-state index >= 15 is 0 Å². The lowest BCUT2D eigenvalue weighted by atomic mass is 9.95. The topological polar surface area (TPSA) is 64.3 Å². The third kappa shape index (κ3) is 2.47. The summed E-state index contributed by atoms with van der Waals surface area (Å²) in [6.45, 7) is 2.18. The highest BCUT2D eigenvalue weighted by molar-refractivity contribution is 5.92. The molecule has 3 rings (SSSR count). The van der Waals surface area contributed by atoms with Crippen LogP contribution in [0.4, 0.5) is 11.4 Å². The minimum atomic E-state index is -0.314. The molecule has 3 unspecified atom stereocenters. The predicted octanol–water partition coefficient (Wildman–Crippen LogP) is 3.05. The molecule has 0 heterocycles. The fraction of sp³-hybridized carbons (Fsp3) is 0.562. The number of rotatable bonds is 4. The molecule has 108 valence electrons. The maximum atomic E-state index is 11.7. The van der Waals surface area contributed by atoms with Gasteiger partial charge >= 0.3 is 5.97 Å². The molecule has 20 heavy (non-hydrogen) atoms. The van der Waals surface area contributed by atoms with Gasteiger partial charge in [-0.1, -0.05) is 6.42 Å². The highest BCUT2D eigenvalue weighted by Gasteiger charge is 2.39. The third-order valence-electron chi connectivity index (χ3n) is 4.64. The molecule has 3 N–H and O–H groups in total. The van der Waals surface area contributed by atoms with Crippen LogP contribution in [-0.4, -0.2) is 18.6 Å². The van der Waals surface area contributed by atoms with Crippen molar-refractivity contribution in [2.24, 2.45) is 11.8 Å². The van der Waals surface area contributed by atoms with E-state index in [9.17, 15) is 4.79 Å². The van der Waals surface area contributed by atoms with Crippen LogP contribution in [0, 0.1) is 11.8 Å². The maximum Gasteiger partial charge on any atom is 0.338 e. The van der Waals surface area contributed by atoms with Crippen LogP contribution in [0.15, 0.2) is 18.2 Å². The van der Waals surface area contributed by atoms with Crippen molar-refractivity contribution in [1.29, 1.82) is 0 Å². The van der Waals surface area contributed by atoms with Crippen molar-refractivity contribution in [2.45, 2.75) is 38.6 Å². The molecule has 2 fully saturated rings. The molecule has 0 amide bonds. The molecule has 1 aromatic rings. The lowest BCUT2D eigenvalue weighted by Gasteiger charge is -2.24. The maximum absolute atomic E-state index is 11.7. The molecule has 2 bridgehead atoms. The van der Waals surface area contributed by atoms with E-state index in [0.717, 1.165) is 17.5 Å². The van der Waals surface area contributed by atoms with Gasteiger partial charge in [-0.2, -0.15) is 0 Å². The molecule has 0 saturated heterocycles. The van der Waals surface area contributed by atoms with Crippen molar-refractivity contribution in [2.75, 3.05) is 17.7 Å². The minimum Gasteiger partial charge on any atom is -0.462 e. The van der Waals surface area contributed by atoms with Gasteiger partial charge in [0.2, 0.25) is 0 Å². The summed E-state index contributed by atoms with van der Waals surface area (Å²) >= 11 is 0. The summed E-state index contributed by atoms with van der Waals surface area (Å²) in [5.74, 6) is 1.38. The normalized spacial score (nSPS) is 27.6. The van der Waals surface area contributed by atoms with E-state index in [-0.39, 0.29) is 5.97 Å². The average molecular weight is 274 g/mol. The molecule has 0 spiro atoms. The van der Waals surface area contributed by atoms with E-state index in [1.165, 1.54) is 25.7 Å². The van der Waals surface area contributed by atoms with Crippen LogP contribution in [0.25, 0.3) is 0 Å². The zero-order valence-electron chi connectivity index (χ0n) is 11.9. The van der Waals surface area contributed by atoms with E-state index in [1.54, 1.807) is 19.1 Å². The Morgan fingerprint density at radius 3 is 2.85 bits per heavy atom. The molecule has 0 aliphatic heterocycles. The SMILES string of the molecule is CCOC(=O)c1ccc(NC2CC3CCC2C3)c(N)c1. The standard InChI is InChI=1S/C16H22N2O2/c1-2-20-16(19)12-5-6-14(13(17)9-12)18-15-8-10-3-4-11(15)7-10/h5-6,9-11,15,18H,2-4,7-8,17H2,1H3. The number of nitrogens with one attached hydrogen (secondary N) is 1. The number of carbonyl (C=O) groups is 1. The highest BCUT2D eigenvalue weighted by Crippen LogP contribution is 2.45. The van der Waals surface area contributed by atoms with Gasteiger partial charge < -0.3 is 15.8 Å². The van der Waals surface area contributed by atoms with Gasteiger partial charge in [0.1, 0.15) is 0 Å². The number of ether oxygens (including phenoxy) is 1. The van der Waals surface area contributed by atoms with Gasteiger partial charge in [-0.25, -0.2) is 4.79 Å². The Kier molecular flexibility index (Phi) is 3.55. The second-order valence-corrected chi connectivity index (χ2v) is 5.95. The minimum absolute atomic E-state index is 0.314. The lowest BCUT2D eigenvalue weighted by Crippen LogP contribution is -2.26. The van der Waals surface area contributed by atoms with Gasteiger partial charge in [-0.3, -0.25) is 0 Å². The van der Waals surface area contributed by atoms with Crippen LogP contribution in [0.3, 0.4) is 0 Å². The number of hydrogen-bond acceptors (Lipinski definition) is 4. The van der Waals surface area contributed by atoms with Crippen molar-refractivity contribution >= 4 is 17.3 Å². The van der Waals surface area contributed by atoms with E-state index in [4.69, 9.17) is 10.5 Å². The first-order chi connectivity index (χ1) is 9.67. The van der Waals surface area contributed by atoms with Crippen molar-refractivity contribution in [1.82, 2.24) is 0 Å². The summed E-state index contributed by atoms with van der Waals surface area (Å²) in [5.41, 5.74) is 8.14. The van der Waals surface area contributed by atoms with Gasteiger partial charge in [0.15, 0.2) is 0 Å². The number of benzene rings is 1. The summed E-state index contributed by atoms with van der Waals surface area (Å²) in [5, 5.41) is 3.56. The average Bonchev–Trinajstić information content (AvgIpc) is 3.03. The monoisotopic (exact) mass is 274 g/mol. The van der Waals surface area contributed by atoms with Crippen molar-refractivity contribution in [3.05, 3.63) is 23.8 Å². The van der Waals surface area contributed by atoms with E-state index < -0.39 is 0 Å². The van der Waals surface area contributed by atoms with E-state index in [0.29, 0.717) is 23.9 Å². The smallest absolute Gasteiger partial charge is 0.338 e. The molecule has 2 aliphatic rings. The first kappa shape index (κ1) is 13.3. The molecule has 2 aliphatic carbocycles. The van der Waals surface area contributed by atoms with Gasteiger partial charge in [0.25, 0.3) is 0 Å². The van der Waals surface area contributed by atoms with Crippen molar-refractivity contribution in [3.8, 4) is 0 Å². The Bertz CT molecular complexity index is 515. The summed E-state index contributed by atoms with van der Waals surface area (Å²) in [6, 6.07) is 5.93. The molecular formula is C16H22N2O2. The van der Waals surface area contributed by atoms with Crippen LogP contribution in [0.1, 0.15) is 43.0 Å². The molecule has 4 heteroatoms. The van der Waals surface area contributed by atoms with Crippen LogP contribution < -0.4 is 11.1 Å². The number of hydrogen-bond donors (Lipinski definition) is 2. The Balaban J connectivity index is 1.70. The van der Waals surface area contributed by atoms with E-state index in [1.807, 2.05) is 6.07 Å². The third-order valence-corrected chi connectivity index (χ3v) is 4.64. The molecule has 0 radical (unpaired) electrons. The first-order valence-corrected chi connectivity index (χ1v) is 7.50. The summed E-state index contributed by atoms with van der Waals surface area (Å²) in [6.07, 6.45) is 5.34. The first-order valence-electron chi connectivity index (χ1n) is 7.50. The van der Waals surface area contributed by atoms with Gasteiger partial charge in [-0.05, 0) is 56.2 Å². The second kappa shape index (κ2) is 5.35. The highest BCUT2D eigenvalue weighted by atomic mass is 16.5. The number of carbonyl (C=O) groups excluding carboxylic acids is 1. The summed E-state index contributed by atoms with van der Waals surface area (Å²) < 4.78 is 4.98. The molecule has 1 aromatic carbocycles. The number of fused-ring (bicyclic) bond motifs is 2. The number of esters is 1. The number of nitrogens with two attached hydrogens (primary N) is 1. The van der Waals surface area contributed by atoms with Crippen LogP contribution >= 0.6 is 0 Å². The predicted molar refractivity (Wildman–Crippen MR) is 79.7 cm³/mol. The number of anilines is 2. The fourth-order valence-corrected chi connectivity index (χ4v) is 3.66. The van der Waals surface area contributed by atoms with Gasteiger partial charge in [-0.15, -0.1) is 0 Å². The quantitative estimate of drug-likeness (QED) is 0.654. The molecule has 4 nitrogen and oxygen atoms in total. The number of nitrogen functional groups attached to an aromatic ring is 1. The molecule has 3 atom stereocenters. The van der Waals surface area contributed by atoms with Crippen LogP contribution in [-0.2, 0) is 4.74 Å². The largest absolute Gasteiger partial charge is 0.462 e. The molecule has 2 saturated carbocycles. The summed E-state index contributed by atoms with van der Waals surface area (Å²) in [7, 11) is 0. The Labute approximate surface area is 119 Å². The molecule has 0 aromatic heterocycles. The van der Waals surface area contributed by atoms with Gasteiger partial charge in [0.05, 0.1) is 23.5 Å². The zero-order chi connectivity index (χ0) is 14.1. The van der Waals surface area contributed by atoms with Crippen LogP contribution in [0.2, 0.25) is 0 Å². The Morgan fingerprint density at radius 2 is 2.25 bits per heavy atom. The van der Waals surface area contributed by atoms with Crippen LogP contribution in [0.5, 0.6) is 0 Å². The van der Waals surface area contributed by atoms with Crippen molar-refractivity contribution < 1.29 is 9.53 Å². The van der Waals surface area contributed by atoms with Gasteiger partial charge in [0, 0.05) is 6.04 Å². The van der Waals surface area contributed by atoms with Crippen molar-refractivity contribution in [3.63, 3.8) is 0 Å². The second-order valence-electron chi connectivity index (χ2n) is 5.95. The van der Waals surface area contributed by atoms with E-state index in [2.05, 4.69) is 5.32 Å². The fourth-order valence-electron chi connectivity index (χ4n) is 3.66. The Hall–Kier alpha value is -1.71. The lowest BCUT2D eigenvalue weighted by molar-refractivity contribution is 0.0526. The molecular weight excluding hydrogens is 252 g/mol. The zero-order valence-corrected chi connectivity index (χ0v) is 11.9. The summed E-state index contributed by atoms with van der Waals surface area (Å²) in [4.78, 5) is 11.7. The Morgan fingerprint density at radius 1 is 1.40 bits per heavy atom.